The second-order valence-electron chi connectivity index (χ2n) is 7.69. The number of carbonyl (C=O) groups excluding carboxylic acids is 1. The number of thiophene rings is 1. The third-order valence-corrected chi connectivity index (χ3v) is 6.56. The number of nitrogens with zero attached hydrogens (tertiary/aromatic N) is 2. The average molecular weight is 411 g/mol. The summed E-state index contributed by atoms with van der Waals surface area (Å²) in [5.74, 6) is 0.557. The van der Waals surface area contributed by atoms with Crippen LogP contribution in [0.1, 0.15) is 33.1 Å². The molecule has 0 radical (unpaired) electrons. The molecular formula is C22H26N4O2S. The number of nitrogens with one attached hydrogen (secondary N) is 2. The van der Waals surface area contributed by atoms with Crippen molar-refractivity contribution in [2.24, 2.45) is 5.92 Å². The number of hydrogen-bond acceptors (Lipinski definition) is 5. The minimum absolute atomic E-state index is 0.0881. The van der Waals surface area contributed by atoms with E-state index in [4.69, 9.17) is 4.98 Å². The predicted molar refractivity (Wildman–Crippen MR) is 119 cm³/mol. The van der Waals surface area contributed by atoms with Crippen molar-refractivity contribution in [1.29, 1.82) is 0 Å². The first kappa shape index (κ1) is 19.6. The van der Waals surface area contributed by atoms with Crippen LogP contribution in [0.2, 0.25) is 0 Å². The molecule has 0 aliphatic carbocycles. The van der Waals surface area contributed by atoms with Crippen LogP contribution in [0.15, 0.2) is 40.5 Å². The highest BCUT2D eigenvalue weighted by Crippen LogP contribution is 2.32. The van der Waals surface area contributed by atoms with Crippen molar-refractivity contribution in [1.82, 2.24) is 15.3 Å². The third-order valence-electron chi connectivity index (χ3n) is 5.59. The molecule has 0 bridgehead atoms. The van der Waals surface area contributed by atoms with E-state index >= 15 is 0 Å². The number of aromatic amines is 1. The normalized spacial score (nSPS) is 18.0. The number of rotatable bonds is 5. The van der Waals surface area contributed by atoms with Gasteiger partial charge in [0.25, 0.3) is 5.56 Å². The smallest absolute Gasteiger partial charge is 0.270 e. The summed E-state index contributed by atoms with van der Waals surface area (Å²) < 4.78 is 0.635. The molecule has 1 aliphatic rings. The van der Waals surface area contributed by atoms with Crippen LogP contribution in [0, 0.1) is 5.92 Å². The van der Waals surface area contributed by atoms with Crippen molar-refractivity contribution >= 4 is 33.4 Å². The second kappa shape index (κ2) is 8.37. The van der Waals surface area contributed by atoms with Crippen LogP contribution in [-0.4, -0.2) is 35.0 Å². The minimum Gasteiger partial charge on any atom is -0.353 e. The summed E-state index contributed by atoms with van der Waals surface area (Å²) in [6.45, 7) is 5.44. The molecule has 2 N–H and O–H groups in total. The summed E-state index contributed by atoms with van der Waals surface area (Å²) in [4.78, 5) is 35.1. The van der Waals surface area contributed by atoms with Gasteiger partial charge in [-0.1, -0.05) is 37.3 Å². The van der Waals surface area contributed by atoms with E-state index in [0.29, 0.717) is 17.2 Å². The van der Waals surface area contributed by atoms with Crippen LogP contribution < -0.4 is 15.8 Å². The Hall–Kier alpha value is -2.67. The van der Waals surface area contributed by atoms with E-state index in [1.807, 2.05) is 47.5 Å². The molecule has 6 nitrogen and oxygen atoms in total. The maximum absolute atomic E-state index is 12.7. The zero-order valence-corrected chi connectivity index (χ0v) is 17.6. The predicted octanol–water partition coefficient (Wildman–Crippen LogP) is 3.78. The number of anilines is 1. The monoisotopic (exact) mass is 410 g/mol. The Morgan fingerprint density at radius 3 is 2.93 bits per heavy atom. The number of hydrogen-bond donors (Lipinski definition) is 2. The summed E-state index contributed by atoms with van der Waals surface area (Å²) in [5.41, 5.74) is 2.63. The summed E-state index contributed by atoms with van der Waals surface area (Å²) in [7, 11) is 0. The molecular weight excluding hydrogens is 384 g/mol. The van der Waals surface area contributed by atoms with Gasteiger partial charge in [-0.3, -0.25) is 14.6 Å². The first-order valence-electron chi connectivity index (χ1n) is 10.2. The lowest BCUT2D eigenvalue weighted by molar-refractivity contribution is -0.125. The Balaban J connectivity index is 1.64. The Labute approximate surface area is 174 Å². The van der Waals surface area contributed by atoms with E-state index < -0.39 is 0 Å². The molecule has 0 spiro atoms. The Morgan fingerprint density at radius 2 is 2.17 bits per heavy atom. The van der Waals surface area contributed by atoms with E-state index in [1.54, 1.807) is 0 Å². The number of fused-ring (bicyclic) bond motifs is 1. The van der Waals surface area contributed by atoms with Crippen molar-refractivity contribution in [3.05, 3.63) is 46.1 Å². The maximum atomic E-state index is 12.7. The van der Waals surface area contributed by atoms with Crippen LogP contribution in [0.5, 0.6) is 0 Å². The summed E-state index contributed by atoms with van der Waals surface area (Å²) in [5, 5.41) is 5.07. The molecule has 1 aliphatic heterocycles. The lowest BCUT2D eigenvalue weighted by Gasteiger charge is -2.32. The molecule has 1 fully saturated rings. The van der Waals surface area contributed by atoms with Crippen molar-refractivity contribution in [2.45, 2.75) is 39.2 Å². The zero-order valence-electron chi connectivity index (χ0n) is 16.8. The molecule has 0 saturated carbocycles. The van der Waals surface area contributed by atoms with Crippen LogP contribution in [0.3, 0.4) is 0 Å². The van der Waals surface area contributed by atoms with Gasteiger partial charge < -0.3 is 10.2 Å². The Bertz CT molecular complexity index is 1060. The first-order valence-corrected chi connectivity index (χ1v) is 11.1. The Kier molecular flexibility index (Phi) is 5.67. The molecule has 29 heavy (non-hydrogen) atoms. The van der Waals surface area contributed by atoms with Gasteiger partial charge in [-0.05, 0) is 31.7 Å². The lowest BCUT2D eigenvalue weighted by Crippen LogP contribution is -2.46. The lowest BCUT2D eigenvalue weighted by atomic mass is 9.97. The number of H-pyrrole nitrogens is 1. The van der Waals surface area contributed by atoms with Crippen molar-refractivity contribution in [2.75, 3.05) is 18.0 Å². The van der Waals surface area contributed by atoms with Crippen LogP contribution in [-0.2, 0) is 4.79 Å². The first-order chi connectivity index (χ1) is 14.1. The van der Waals surface area contributed by atoms with Gasteiger partial charge in [0.1, 0.15) is 4.70 Å². The number of carbonyl (C=O) groups is 1. The van der Waals surface area contributed by atoms with E-state index in [1.165, 1.54) is 11.3 Å². The molecule has 2 unspecified atom stereocenters. The highest BCUT2D eigenvalue weighted by atomic mass is 32.1. The molecule has 1 saturated heterocycles. The highest BCUT2D eigenvalue weighted by molar-refractivity contribution is 7.17. The van der Waals surface area contributed by atoms with Gasteiger partial charge in [-0.25, -0.2) is 4.98 Å². The van der Waals surface area contributed by atoms with Gasteiger partial charge in [-0.2, -0.15) is 0 Å². The van der Waals surface area contributed by atoms with E-state index in [0.717, 1.165) is 42.5 Å². The molecule has 1 aromatic carbocycles. The van der Waals surface area contributed by atoms with Gasteiger partial charge in [0.15, 0.2) is 0 Å². The van der Waals surface area contributed by atoms with Gasteiger partial charge >= 0.3 is 0 Å². The molecule has 3 aromatic rings. The van der Waals surface area contributed by atoms with Crippen molar-refractivity contribution < 1.29 is 4.79 Å². The van der Waals surface area contributed by atoms with Crippen molar-refractivity contribution in [3.63, 3.8) is 0 Å². The SMILES string of the molecule is CCC(C)NC(=O)C1CCCN(c2nc3c(-c4ccccc4)csc3c(=O)[nH]2)C1. The number of amides is 1. The minimum atomic E-state index is -0.122. The standard InChI is InChI=1S/C22H26N4O2S/c1-3-14(2)23-20(27)16-10-7-11-26(12-16)22-24-18-17(15-8-5-4-6-9-15)13-29-19(18)21(28)25-22/h4-6,8-9,13-14,16H,3,7,10-12H2,1-2H3,(H,23,27)(H,24,25,28). The zero-order chi connectivity index (χ0) is 20.4. The van der Waals surface area contributed by atoms with E-state index in [9.17, 15) is 9.59 Å². The maximum Gasteiger partial charge on any atom is 0.270 e. The van der Waals surface area contributed by atoms with Crippen LogP contribution in [0.25, 0.3) is 21.3 Å². The third kappa shape index (κ3) is 4.05. The molecule has 7 heteroatoms. The molecule has 2 atom stereocenters. The molecule has 2 aromatic heterocycles. The van der Waals surface area contributed by atoms with E-state index in [-0.39, 0.29) is 23.4 Å². The van der Waals surface area contributed by atoms with Gasteiger partial charge in [0, 0.05) is 30.1 Å². The summed E-state index contributed by atoms with van der Waals surface area (Å²) in [6.07, 6.45) is 2.67. The van der Waals surface area contributed by atoms with Gasteiger partial charge in [0.2, 0.25) is 11.9 Å². The van der Waals surface area contributed by atoms with Crippen LogP contribution in [0.4, 0.5) is 5.95 Å². The summed E-state index contributed by atoms with van der Waals surface area (Å²) >= 11 is 1.42. The Morgan fingerprint density at radius 1 is 1.38 bits per heavy atom. The fourth-order valence-corrected chi connectivity index (χ4v) is 4.64. The molecule has 152 valence electrons. The number of piperidine rings is 1. The van der Waals surface area contributed by atoms with Crippen molar-refractivity contribution in [3.8, 4) is 11.1 Å². The average Bonchev–Trinajstić information content (AvgIpc) is 3.19. The molecule has 4 rings (SSSR count). The topological polar surface area (TPSA) is 78.1 Å². The fraction of sp³-hybridized carbons (Fsp3) is 0.409. The highest BCUT2D eigenvalue weighted by Gasteiger charge is 2.28. The quantitative estimate of drug-likeness (QED) is 0.671. The molecule has 1 amide bonds. The largest absolute Gasteiger partial charge is 0.353 e. The number of benzene rings is 1. The number of aromatic nitrogens is 2. The fourth-order valence-electron chi connectivity index (χ4n) is 3.73. The van der Waals surface area contributed by atoms with Crippen LogP contribution >= 0.6 is 11.3 Å². The summed E-state index contributed by atoms with van der Waals surface area (Å²) in [6, 6.07) is 10.2. The van der Waals surface area contributed by atoms with E-state index in [2.05, 4.69) is 17.2 Å². The molecule has 3 heterocycles. The van der Waals surface area contributed by atoms with Gasteiger partial charge in [0.05, 0.1) is 11.4 Å². The van der Waals surface area contributed by atoms with Gasteiger partial charge in [-0.15, -0.1) is 11.3 Å². The second-order valence-corrected chi connectivity index (χ2v) is 8.57.